The van der Waals surface area contributed by atoms with Crippen LogP contribution in [0.1, 0.15) is 99.3 Å². The lowest BCUT2D eigenvalue weighted by Crippen LogP contribution is -2.45. The fourth-order valence-electron chi connectivity index (χ4n) is 3.84. The average Bonchev–Trinajstić information content (AvgIpc) is 3.01. The molecular formula is C22H33N2O2S2+. The maximum absolute atomic E-state index is 13.5. The quantitative estimate of drug-likeness (QED) is 0.650. The Hall–Kier alpha value is -1.40. The third kappa shape index (κ3) is 4.28. The smallest absolute Gasteiger partial charge is 0.197 e. The lowest BCUT2D eigenvalue weighted by Gasteiger charge is -2.21. The number of benzene rings is 1. The summed E-state index contributed by atoms with van der Waals surface area (Å²) in [5, 5.41) is 0. The zero-order chi connectivity index (χ0) is 20.6. The molecule has 1 N–H and O–H groups in total. The molecular weight excluding hydrogens is 388 g/mol. The van der Waals surface area contributed by atoms with E-state index in [1.54, 1.807) is 4.07 Å². The minimum atomic E-state index is -3.68. The SMILES string of the molecule is CC(C)c1cc(C(C)C)c(S(=O)(=O)N[n+]2cc3c(s2)CCCC3)c(C(C)C)c1. The molecule has 0 spiro atoms. The maximum atomic E-state index is 13.5. The molecule has 1 aromatic heterocycles. The molecule has 0 amide bonds. The van der Waals surface area contributed by atoms with E-state index in [2.05, 4.69) is 58.5 Å². The van der Waals surface area contributed by atoms with Crippen LogP contribution in [0, 0.1) is 0 Å². The summed E-state index contributed by atoms with van der Waals surface area (Å²) in [4.78, 5) is 4.60. The second kappa shape index (κ2) is 8.15. The fourth-order valence-corrected chi connectivity index (χ4v) is 6.80. The molecule has 3 rings (SSSR count). The first kappa shape index (κ1) is 21.3. The van der Waals surface area contributed by atoms with E-state index in [0.717, 1.165) is 24.0 Å². The highest BCUT2D eigenvalue weighted by atomic mass is 32.2. The van der Waals surface area contributed by atoms with Gasteiger partial charge in [-0.25, -0.2) is 0 Å². The van der Waals surface area contributed by atoms with Crippen molar-refractivity contribution in [2.75, 3.05) is 4.83 Å². The van der Waals surface area contributed by atoms with Crippen LogP contribution in [0.5, 0.6) is 0 Å². The van der Waals surface area contributed by atoms with E-state index < -0.39 is 10.0 Å². The molecule has 1 aliphatic rings. The second-order valence-electron chi connectivity index (χ2n) is 8.79. The van der Waals surface area contributed by atoms with Crippen LogP contribution in [0.3, 0.4) is 0 Å². The molecule has 0 unspecified atom stereocenters. The van der Waals surface area contributed by atoms with Crippen molar-refractivity contribution in [1.82, 2.24) is 0 Å². The summed E-state index contributed by atoms with van der Waals surface area (Å²) in [6.45, 7) is 12.6. The van der Waals surface area contributed by atoms with Crippen molar-refractivity contribution >= 4 is 21.6 Å². The van der Waals surface area contributed by atoms with Crippen molar-refractivity contribution in [1.29, 1.82) is 0 Å². The van der Waals surface area contributed by atoms with E-state index in [1.807, 2.05) is 6.20 Å². The Morgan fingerprint density at radius 3 is 2.00 bits per heavy atom. The van der Waals surface area contributed by atoms with Crippen LogP contribution in [-0.2, 0) is 22.9 Å². The number of hydrogen-bond acceptors (Lipinski definition) is 3. The summed E-state index contributed by atoms with van der Waals surface area (Å²) in [5.74, 6) is 0.617. The van der Waals surface area contributed by atoms with Gasteiger partial charge in [0.2, 0.25) is 6.20 Å². The summed E-state index contributed by atoms with van der Waals surface area (Å²) < 4.78 is 28.7. The summed E-state index contributed by atoms with van der Waals surface area (Å²) in [6, 6.07) is 4.17. The van der Waals surface area contributed by atoms with Gasteiger partial charge >= 0.3 is 10.0 Å². The van der Waals surface area contributed by atoms with Gasteiger partial charge in [-0.3, -0.25) is 0 Å². The number of nitrogens with zero attached hydrogens (tertiary/aromatic N) is 1. The van der Waals surface area contributed by atoms with Crippen LogP contribution < -0.4 is 8.90 Å². The second-order valence-corrected chi connectivity index (χ2v) is 11.5. The first-order valence-corrected chi connectivity index (χ1v) is 12.6. The Balaban J connectivity index is 2.10. The average molecular weight is 422 g/mol. The van der Waals surface area contributed by atoms with Crippen LogP contribution in [0.15, 0.2) is 23.2 Å². The van der Waals surface area contributed by atoms with Gasteiger partial charge < -0.3 is 0 Å². The molecule has 0 aliphatic heterocycles. The maximum Gasteiger partial charge on any atom is 0.308 e. The lowest BCUT2D eigenvalue weighted by atomic mass is 9.89. The van der Waals surface area contributed by atoms with Gasteiger partial charge in [-0.05, 0) is 64.2 Å². The van der Waals surface area contributed by atoms with Crippen molar-refractivity contribution in [3.05, 3.63) is 45.5 Å². The van der Waals surface area contributed by atoms with Gasteiger partial charge in [-0.1, -0.05) is 58.5 Å². The highest BCUT2D eigenvalue weighted by Gasteiger charge is 2.31. The molecule has 0 atom stereocenters. The molecule has 1 aliphatic carbocycles. The number of hydrogen-bond donors (Lipinski definition) is 1. The Morgan fingerprint density at radius 2 is 1.50 bits per heavy atom. The molecule has 6 heteroatoms. The molecule has 154 valence electrons. The third-order valence-electron chi connectivity index (χ3n) is 5.50. The van der Waals surface area contributed by atoms with E-state index in [-0.39, 0.29) is 11.8 Å². The molecule has 4 nitrogen and oxygen atoms in total. The highest BCUT2D eigenvalue weighted by molar-refractivity contribution is 7.92. The molecule has 0 radical (unpaired) electrons. The van der Waals surface area contributed by atoms with Gasteiger partial charge in [0.15, 0.2) is 11.5 Å². The Labute approximate surface area is 174 Å². The van der Waals surface area contributed by atoms with Crippen molar-refractivity contribution in [2.45, 2.75) is 89.9 Å². The van der Waals surface area contributed by atoms with Gasteiger partial charge in [-0.2, -0.15) is 8.42 Å². The van der Waals surface area contributed by atoms with Gasteiger partial charge in [-0.15, -0.1) is 0 Å². The molecule has 1 aromatic carbocycles. The number of nitrogens with one attached hydrogen (secondary N) is 1. The van der Waals surface area contributed by atoms with Crippen LogP contribution in [0.4, 0.5) is 0 Å². The summed E-state index contributed by atoms with van der Waals surface area (Å²) in [7, 11) is -3.68. The first-order chi connectivity index (χ1) is 13.1. The number of fused-ring (bicyclic) bond motifs is 1. The predicted molar refractivity (Wildman–Crippen MR) is 116 cm³/mol. The number of rotatable bonds is 6. The van der Waals surface area contributed by atoms with Crippen LogP contribution in [0.25, 0.3) is 0 Å². The zero-order valence-corrected chi connectivity index (χ0v) is 19.5. The molecule has 0 saturated carbocycles. The van der Waals surface area contributed by atoms with Crippen LogP contribution in [-0.4, -0.2) is 8.42 Å². The summed E-state index contributed by atoms with van der Waals surface area (Å²) >= 11 is 1.52. The van der Waals surface area contributed by atoms with Crippen molar-refractivity contribution in [2.24, 2.45) is 0 Å². The Bertz CT molecular complexity index is 904. The topological polar surface area (TPSA) is 50.1 Å². The van der Waals surface area contributed by atoms with Crippen molar-refractivity contribution in [3.8, 4) is 0 Å². The molecule has 28 heavy (non-hydrogen) atoms. The zero-order valence-electron chi connectivity index (χ0n) is 17.9. The number of aromatic nitrogens is 1. The summed E-state index contributed by atoms with van der Waals surface area (Å²) in [6.07, 6.45) is 6.42. The van der Waals surface area contributed by atoms with Gasteiger partial charge in [0, 0.05) is 5.56 Å². The molecule has 0 saturated heterocycles. The Morgan fingerprint density at radius 1 is 0.929 bits per heavy atom. The highest BCUT2D eigenvalue weighted by Crippen LogP contribution is 2.35. The largest absolute Gasteiger partial charge is 0.308 e. The Kier molecular flexibility index (Phi) is 6.20. The predicted octanol–water partition coefficient (Wildman–Crippen LogP) is 5.22. The minimum Gasteiger partial charge on any atom is -0.197 e. The van der Waals surface area contributed by atoms with E-state index in [0.29, 0.717) is 10.8 Å². The van der Waals surface area contributed by atoms with Crippen molar-refractivity contribution in [3.63, 3.8) is 0 Å². The van der Waals surface area contributed by atoms with Crippen molar-refractivity contribution < 1.29 is 12.5 Å². The number of aryl methyl sites for hydroxylation is 2. The lowest BCUT2D eigenvalue weighted by molar-refractivity contribution is -0.564. The molecule has 0 fully saturated rings. The van der Waals surface area contributed by atoms with Gasteiger partial charge in [0.25, 0.3) is 0 Å². The first-order valence-electron chi connectivity index (χ1n) is 10.3. The van der Waals surface area contributed by atoms with Crippen LogP contribution in [0.2, 0.25) is 0 Å². The standard InChI is InChI=1S/C22H33N2O2S2/c1-14(2)18-11-19(15(3)4)22(20(12-18)16(5)6)28(25,26)23-24-13-17-9-7-8-10-21(17)27-24/h11-16,23H,7-10H2,1-6H3/q+1. The molecule has 2 aromatic rings. The normalized spacial score (nSPS) is 14.8. The molecule has 1 heterocycles. The van der Waals surface area contributed by atoms with Crippen LogP contribution >= 0.6 is 11.5 Å². The van der Waals surface area contributed by atoms with E-state index in [9.17, 15) is 8.42 Å². The van der Waals surface area contributed by atoms with Gasteiger partial charge in [0.1, 0.15) is 0 Å². The van der Waals surface area contributed by atoms with E-state index in [4.69, 9.17) is 0 Å². The monoisotopic (exact) mass is 421 g/mol. The van der Waals surface area contributed by atoms with E-state index >= 15 is 0 Å². The number of sulfonamides is 1. The van der Waals surface area contributed by atoms with E-state index in [1.165, 1.54) is 40.4 Å². The fraction of sp³-hybridized carbons (Fsp3) is 0.591. The summed E-state index contributed by atoms with van der Waals surface area (Å²) in [5.41, 5.74) is 4.29. The minimum absolute atomic E-state index is 0.129. The third-order valence-corrected chi connectivity index (χ3v) is 8.14. The van der Waals surface area contributed by atoms with Gasteiger partial charge in [0.05, 0.1) is 9.77 Å². The molecule has 0 bridgehead atoms.